The number of aliphatic hydroxyl groups is 1. The van der Waals surface area contributed by atoms with Crippen molar-refractivity contribution in [2.45, 2.75) is 31.5 Å². The van der Waals surface area contributed by atoms with Gasteiger partial charge in [-0.2, -0.15) is 0 Å². The van der Waals surface area contributed by atoms with Gasteiger partial charge in [-0.3, -0.25) is 4.98 Å². The lowest BCUT2D eigenvalue weighted by atomic mass is 9.89. The number of ether oxygens (including phenoxy) is 1. The van der Waals surface area contributed by atoms with Crippen molar-refractivity contribution in [1.82, 2.24) is 4.98 Å². The van der Waals surface area contributed by atoms with E-state index >= 15 is 0 Å². The molecule has 1 aliphatic rings. The molecule has 0 saturated carbocycles. The molecule has 1 N–H and O–H groups in total. The second-order valence-electron chi connectivity index (χ2n) is 3.90. The first kappa shape index (κ1) is 9.62. The van der Waals surface area contributed by atoms with E-state index in [-0.39, 0.29) is 6.10 Å². The molecule has 0 aromatic carbocycles. The van der Waals surface area contributed by atoms with Gasteiger partial charge in [0.25, 0.3) is 0 Å². The molecule has 0 spiro atoms. The Morgan fingerprint density at radius 1 is 1.71 bits per heavy atom. The summed E-state index contributed by atoms with van der Waals surface area (Å²) in [4.78, 5) is 4.03. The lowest BCUT2D eigenvalue weighted by Crippen LogP contribution is -2.38. The van der Waals surface area contributed by atoms with E-state index in [1.165, 1.54) is 0 Å². The first-order chi connectivity index (χ1) is 6.71. The van der Waals surface area contributed by atoms with Crippen molar-refractivity contribution < 1.29 is 9.84 Å². The molecule has 0 amide bonds. The van der Waals surface area contributed by atoms with Crippen LogP contribution in [0.3, 0.4) is 0 Å². The summed E-state index contributed by atoms with van der Waals surface area (Å²) in [6.07, 6.45) is 4.79. The Morgan fingerprint density at radius 3 is 3.14 bits per heavy atom. The smallest absolute Gasteiger partial charge is 0.0967 e. The molecule has 76 valence electrons. The zero-order valence-electron chi connectivity index (χ0n) is 8.31. The molecule has 0 aliphatic carbocycles. The summed E-state index contributed by atoms with van der Waals surface area (Å²) in [6, 6.07) is 3.87. The molecule has 3 heteroatoms. The average Bonchev–Trinajstić information content (AvgIpc) is 2.48. The number of hydrogen-bond acceptors (Lipinski definition) is 3. The van der Waals surface area contributed by atoms with Gasteiger partial charge >= 0.3 is 0 Å². The van der Waals surface area contributed by atoms with E-state index in [1.807, 2.05) is 19.1 Å². The van der Waals surface area contributed by atoms with Crippen LogP contribution in [0.5, 0.6) is 0 Å². The molecule has 1 fully saturated rings. The van der Waals surface area contributed by atoms with Crippen LogP contribution in [0.25, 0.3) is 0 Å². The molecule has 2 heterocycles. The van der Waals surface area contributed by atoms with Gasteiger partial charge < -0.3 is 9.84 Å². The number of rotatable bonds is 2. The Hall–Kier alpha value is -0.930. The molecule has 2 rings (SSSR count). The van der Waals surface area contributed by atoms with Crippen molar-refractivity contribution in [3.8, 4) is 0 Å². The van der Waals surface area contributed by atoms with Crippen LogP contribution in [-0.2, 0) is 11.2 Å². The van der Waals surface area contributed by atoms with Crippen molar-refractivity contribution in [2.24, 2.45) is 0 Å². The highest BCUT2D eigenvalue weighted by molar-refractivity contribution is 5.13. The van der Waals surface area contributed by atoms with E-state index in [0.29, 0.717) is 19.4 Å². The third-order valence-corrected chi connectivity index (χ3v) is 2.89. The van der Waals surface area contributed by atoms with E-state index in [2.05, 4.69) is 4.98 Å². The summed E-state index contributed by atoms with van der Waals surface area (Å²) in [5.41, 5.74) is 0.357. The Kier molecular flexibility index (Phi) is 2.52. The number of pyridine rings is 1. The van der Waals surface area contributed by atoms with Crippen LogP contribution in [0, 0.1) is 0 Å². The van der Waals surface area contributed by atoms with E-state index in [9.17, 15) is 5.11 Å². The Bertz CT molecular complexity index is 301. The van der Waals surface area contributed by atoms with Gasteiger partial charge in [0, 0.05) is 31.8 Å². The Labute approximate surface area is 83.7 Å². The quantitative estimate of drug-likeness (QED) is 0.766. The maximum absolute atomic E-state index is 10.3. The summed E-state index contributed by atoms with van der Waals surface area (Å²) in [7, 11) is 0. The van der Waals surface area contributed by atoms with Gasteiger partial charge in [0.05, 0.1) is 11.7 Å². The summed E-state index contributed by atoms with van der Waals surface area (Å²) in [5.74, 6) is 0. The minimum absolute atomic E-state index is 0.0808. The largest absolute Gasteiger partial charge is 0.387 e. The standard InChI is InChI=1S/C11H15NO2/c1-9-11(13,4-6-14-9)7-10-3-2-5-12-8-10/h2-3,5,8-9,13H,4,6-7H2,1H3. The molecule has 1 saturated heterocycles. The molecule has 0 radical (unpaired) electrons. The van der Waals surface area contributed by atoms with Gasteiger partial charge in [0.2, 0.25) is 0 Å². The molecule has 3 nitrogen and oxygen atoms in total. The molecular formula is C11H15NO2. The average molecular weight is 193 g/mol. The van der Waals surface area contributed by atoms with Crippen LogP contribution < -0.4 is 0 Å². The predicted octanol–water partition coefficient (Wildman–Crippen LogP) is 1.16. The summed E-state index contributed by atoms with van der Waals surface area (Å²) < 4.78 is 5.37. The van der Waals surface area contributed by atoms with Crippen molar-refractivity contribution in [1.29, 1.82) is 0 Å². The van der Waals surface area contributed by atoms with Crippen molar-refractivity contribution in [3.05, 3.63) is 30.1 Å². The van der Waals surface area contributed by atoms with Gasteiger partial charge in [-0.25, -0.2) is 0 Å². The van der Waals surface area contributed by atoms with Crippen LogP contribution >= 0.6 is 0 Å². The topological polar surface area (TPSA) is 42.4 Å². The van der Waals surface area contributed by atoms with Crippen LogP contribution in [0.15, 0.2) is 24.5 Å². The van der Waals surface area contributed by atoms with Crippen LogP contribution in [0.4, 0.5) is 0 Å². The normalized spacial score (nSPS) is 32.0. The molecule has 0 bridgehead atoms. The zero-order valence-corrected chi connectivity index (χ0v) is 8.31. The fourth-order valence-corrected chi connectivity index (χ4v) is 1.86. The second kappa shape index (κ2) is 3.67. The number of aromatic nitrogens is 1. The van der Waals surface area contributed by atoms with Crippen LogP contribution in [0.2, 0.25) is 0 Å². The Morgan fingerprint density at radius 2 is 2.57 bits per heavy atom. The summed E-state index contributed by atoms with van der Waals surface area (Å²) in [5, 5.41) is 10.3. The molecular weight excluding hydrogens is 178 g/mol. The molecule has 2 atom stereocenters. The fourth-order valence-electron chi connectivity index (χ4n) is 1.86. The number of nitrogens with zero attached hydrogens (tertiary/aromatic N) is 1. The van der Waals surface area contributed by atoms with Crippen LogP contribution in [0.1, 0.15) is 18.9 Å². The third-order valence-electron chi connectivity index (χ3n) is 2.89. The predicted molar refractivity (Wildman–Crippen MR) is 52.9 cm³/mol. The summed E-state index contributed by atoms with van der Waals surface area (Å²) in [6.45, 7) is 2.57. The molecule has 14 heavy (non-hydrogen) atoms. The molecule has 1 aromatic rings. The highest BCUT2D eigenvalue weighted by atomic mass is 16.5. The van der Waals surface area contributed by atoms with Crippen molar-refractivity contribution >= 4 is 0 Å². The van der Waals surface area contributed by atoms with Crippen LogP contribution in [-0.4, -0.2) is 28.4 Å². The molecule has 1 aliphatic heterocycles. The Balaban J connectivity index is 2.10. The minimum atomic E-state index is -0.705. The van der Waals surface area contributed by atoms with E-state index in [1.54, 1.807) is 12.4 Å². The van der Waals surface area contributed by atoms with Gasteiger partial charge in [-0.15, -0.1) is 0 Å². The molecule has 2 unspecified atom stereocenters. The highest BCUT2D eigenvalue weighted by Gasteiger charge is 2.39. The third kappa shape index (κ3) is 1.79. The van der Waals surface area contributed by atoms with E-state index in [0.717, 1.165) is 5.56 Å². The zero-order chi connectivity index (χ0) is 10.0. The van der Waals surface area contributed by atoms with Crippen molar-refractivity contribution in [3.63, 3.8) is 0 Å². The summed E-state index contributed by atoms with van der Waals surface area (Å²) >= 11 is 0. The first-order valence-corrected chi connectivity index (χ1v) is 4.94. The minimum Gasteiger partial charge on any atom is -0.387 e. The van der Waals surface area contributed by atoms with Gasteiger partial charge in [0.15, 0.2) is 0 Å². The van der Waals surface area contributed by atoms with Gasteiger partial charge in [0.1, 0.15) is 0 Å². The number of hydrogen-bond donors (Lipinski definition) is 1. The lowest BCUT2D eigenvalue weighted by Gasteiger charge is -2.25. The SMILES string of the molecule is CC1OCCC1(O)Cc1cccnc1. The fraction of sp³-hybridized carbons (Fsp3) is 0.545. The van der Waals surface area contributed by atoms with E-state index in [4.69, 9.17) is 4.74 Å². The maximum Gasteiger partial charge on any atom is 0.0967 e. The monoisotopic (exact) mass is 193 g/mol. The second-order valence-corrected chi connectivity index (χ2v) is 3.90. The van der Waals surface area contributed by atoms with Gasteiger partial charge in [-0.1, -0.05) is 6.07 Å². The van der Waals surface area contributed by atoms with E-state index < -0.39 is 5.60 Å². The maximum atomic E-state index is 10.3. The van der Waals surface area contributed by atoms with Gasteiger partial charge in [-0.05, 0) is 18.6 Å². The first-order valence-electron chi connectivity index (χ1n) is 4.94. The lowest BCUT2D eigenvalue weighted by molar-refractivity contribution is -0.0269. The van der Waals surface area contributed by atoms with Crippen molar-refractivity contribution in [2.75, 3.05) is 6.61 Å². The molecule has 1 aromatic heterocycles. The highest BCUT2D eigenvalue weighted by Crippen LogP contribution is 2.28.